The molecule has 0 heterocycles. The molecule has 0 rings (SSSR count). The fourth-order valence-electron chi connectivity index (χ4n) is 1.40. The Morgan fingerprint density at radius 2 is 1.88 bits per heavy atom. The Kier molecular flexibility index (Phi) is 9.04. The average molecular weight is 232 g/mol. The first-order valence-electron chi connectivity index (χ1n) is 6.23. The summed E-state index contributed by atoms with van der Waals surface area (Å²) in [5.41, 5.74) is 1.32. The topological polar surface area (TPSA) is 17.1 Å². The van der Waals surface area contributed by atoms with Crippen molar-refractivity contribution >= 4 is 5.78 Å². The fourth-order valence-corrected chi connectivity index (χ4v) is 1.40. The van der Waals surface area contributed by atoms with Gasteiger partial charge < -0.3 is 0 Å². The lowest BCUT2D eigenvalue weighted by Gasteiger charge is -2.03. The number of carbonyl (C=O) groups is 1. The molecule has 0 saturated heterocycles. The van der Waals surface area contributed by atoms with E-state index >= 15 is 0 Å². The van der Waals surface area contributed by atoms with Crippen molar-refractivity contribution in [3.63, 3.8) is 0 Å². The largest absolute Gasteiger partial charge is 0.290 e. The van der Waals surface area contributed by atoms with E-state index in [1.165, 1.54) is 24.5 Å². The lowest BCUT2D eigenvalue weighted by Crippen LogP contribution is -1.87. The molecular formula is C16H24O. The van der Waals surface area contributed by atoms with Crippen LogP contribution in [-0.2, 0) is 4.79 Å². The van der Waals surface area contributed by atoms with E-state index in [9.17, 15) is 4.79 Å². The van der Waals surface area contributed by atoms with Gasteiger partial charge in [0.1, 0.15) is 0 Å². The Hall–Kier alpha value is -1.37. The zero-order chi connectivity index (χ0) is 13.1. The second-order valence-corrected chi connectivity index (χ2v) is 4.66. The first kappa shape index (κ1) is 15.6. The zero-order valence-corrected chi connectivity index (χ0v) is 11.3. The van der Waals surface area contributed by atoms with E-state index in [-0.39, 0.29) is 5.78 Å². The van der Waals surface area contributed by atoms with Gasteiger partial charge in [0.2, 0.25) is 0 Å². The Morgan fingerprint density at radius 1 is 1.24 bits per heavy atom. The van der Waals surface area contributed by atoms with Crippen LogP contribution in [0.3, 0.4) is 0 Å². The van der Waals surface area contributed by atoms with Gasteiger partial charge in [-0.3, -0.25) is 4.79 Å². The summed E-state index contributed by atoms with van der Waals surface area (Å²) in [6.07, 6.45) is 13.7. The predicted octanol–water partition coefficient (Wildman–Crippen LogP) is 4.63. The highest BCUT2D eigenvalue weighted by Gasteiger charge is 1.94. The lowest BCUT2D eigenvalue weighted by atomic mass is 10.0. The summed E-state index contributed by atoms with van der Waals surface area (Å²) >= 11 is 0. The molecule has 0 atom stereocenters. The molecule has 0 saturated carbocycles. The summed E-state index contributed by atoms with van der Waals surface area (Å²) in [6, 6.07) is 0. The average Bonchev–Trinajstić information content (AvgIpc) is 2.25. The second kappa shape index (κ2) is 9.83. The van der Waals surface area contributed by atoms with Crippen LogP contribution in [0.2, 0.25) is 0 Å². The summed E-state index contributed by atoms with van der Waals surface area (Å²) in [5, 5.41) is 0. The van der Waals surface area contributed by atoms with Gasteiger partial charge >= 0.3 is 0 Å². The van der Waals surface area contributed by atoms with Crippen molar-refractivity contribution in [2.75, 3.05) is 0 Å². The van der Waals surface area contributed by atoms with E-state index < -0.39 is 0 Å². The molecular weight excluding hydrogens is 208 g/mol. The van der Waals surface area contributed by atoms with Gasteiger partial charge in [-0.05, 0) is 37.8 Å². The summed E-state index contributed by atoms with van der Waals surface area (Å²) in [4.78, 5) is 11.2. The molecule has 0 aliphatic heterocycles. The molecule has 0 aromatic carbocycles. The minimum atomic E-state index is -0.00358. The quantitative estimate of drug-likeness (QED) is 0.440. The van der Waals surface area contributed by atoms with Crippen molar-refractivity contribution in [3.05, 3.63) is 48.6 Å². The number of hydrogen-bond acceptors (Lipinski definition) is 1. The summed E-state index contributed by atoms with van der Waals surface area (Å²) < 4.78 is 0. The highest BCUT2D eigenvalue weighted by atomic mass is 16.1. The van der Waals surface area contributed by atoms with Gasteiger partial charge in [-0.25, -0.2) is 0 Å². The van der Waals surface area contributed by atoms with Gasteiger partial charge in [-0.1, -0.05) is 56.7 Å². The van der Waals surface area contributed by atoms with Crippen LogP contribution in [-0.4, -0.2) is 5.78 Å². The molecule has 0 aromatic heterocycles. The summed E-state index contributed by atoms with van der Waals surface area (Å²) in [5.74, 6) is 0.764. The molecule has 0 spiro atoms. The molecule has 0 unspecified atom stereocenters. The van der Waals surface area contributed by atoms with E-state index in [4.69, 9.17) is 0 Å². The van der Waals surface area contributed by atoms with Crippen LogP contribution in [0.4, 0.5) is 0 Å². The minimum absolute atomic E-state index is 0.00358. The molecule has 0 bridgehead atoms. The molecule has 1 heteroatoms. The minimum Gasteiger partial charge on any atom is -0.290 e. The molecule has 17 heavy (non-hydrogen) atoms. The van der Waals surface area contributed by atoms with Gasteiger partial charge in [-0.2, -0.15) is 0 Å². The molecule has 1 nitrogen and oxygen atoms in total. The first-order valence-corrected chi connectivity index (χ1v) is 6.23. The summed E-state index contributed by atoms with van der Waals surface area (Å²) in [7, 11) is 0. The van der Waals surface area contributed by atoms with Crippen LogP contribution in [0.15, 0.2) is 48.6 Å². The first-order chi connectivity index (χ1) is 8.06. The third-order valence-corrected chi connectivity index (χ3v) is 2.39. The molecule has 0 N–H and O–H groups in total. The molecule has 0 aliphatic rings. The highest BCUT2D eigenvalue weighted by Crippen LogP contribution is 2.11. The maximum absolute atomic E-state index is 11.2. The van der Waals surface area contributed by atoms with E-state index in [0.29, 0.717) is 0 Å². The van der Waals surface area contributed by atoms with E-state index in [0.717, 1.165) is 12.3 Å². The van der Waals surface area contributed by atoms with Crippen molar-refractivity contribution in [1.82, 2.24) is 0 Å². The van der Waals surface area contributed by atoms with Gasteiger partial charge in [0, 0.05) is 0 Å². The smallest absolute Gasteiger partial charge is 0.178 e. The molecule has 0 aliphatic carbocycles. The van der Waals surface area contributed by atoms with Crippen molar-refractivity contribution in [2.45, 2.75) is 40.0 Å². The van der Waals surface area contributed by atoms with Crippen LogP contribution < -0.4 is 0 Å². The molecule has 0 fully saturated rings. The van der Waals surface area contributed by atoms with Crippen LogP contribution in [0.1, 0.15) is 40.0 Å². The monoisotopic (exact) mass is 232 g/mol. The standard InChI is InChI=1S/C16H24O/c1-5-6-12-16(17)13-8-11-15(4)10-7-9-14(2)3/h5-6,8,11-14H,1,7,9-10H2,2-4H3/b12-6+,13-8+,15-11+. The highest BCUT2D eigenvalue weighted by molar-refractivity contribution is 5.99. The van der Waals surface area contributed by atoms with Crippen molar-refractivity contribution in [3.8, 4) is 0 Å². The summed E-state index contributed by atoms with van der Waals surface area (Å²) in [6.45, 7) is 10.1. The van der Waals surface area contributed by atoms with E-state index in [2.05, 4.69) is 27.4 Å². The second-order valence-electron chi connectivity index (χ2n) is 4.66. The number of hydrogen-bond donors (Lipinski definition) is 0. The normalized spacial score (nSPS) is 12.8. The maximum Gasteiger partial charge on any atom is 0.178 e. The van der Waals surface area contributed by atoms with Crippen molar-refractivity contribution in [1.29, 1.82) is 0 Å². The van der Waals surface area contributed by atoms with Gasteiger partial charge in [-0.15, -0.1) is 0 Å². The number of rotatable bonds is 8. The molecule has 0 radical (unpaired) electrons. The van der Waals surface area contributed by atoms with Crippen LogP contribution in [0.5, 0.6) is 0 Å². The van der Waals surface area contributed by atoms with Crippen molar-refractivity contribution < 1.29 is 4.79 Å². The van der Waals surface area contributed by atoms with Gasteiger partial charge in [0.25, 0.3) is 0 Å². The Bertz CT molecular complexity index is 316. The zero-order valence-electron chi connectivity index (χ0n) is 11.3. The Balaban J connectivity index is 3.96. The number of allylic oxidation sites excluding steroid dienone is 7. The van der Waals surface area contributed by atoms with E-state index in [1.807, 2.05) is 12.2 Å². The van der Waals surface area contributed by atoms with Crippen LogP contribution in [0.25, 0.3) is 0 Å². The van der Waals surface area contributed by atoms with Crippen LogP contribution in [0, 0.1) is 5.92 Å². The molecule has 0 amide bonds. The van der Waals surface area contributed by atoms with Crippen LogP contribution >= 0.6 is 0 Å². The van der Waals surface area contributed by atoms with Crippen molar-refractivity contribution in [2.24, 2.45) is 5.92 Å². The molecule has 0 aromatic rings. The third-order valence-electron chi connectivity index (χ3n) is 2.39. The number of carbonyl (C=O) groups excluding carboxylic acids is 1. The maximum atomic E-state index is 11.2. The Morgan fingerprint density at radius 3 is 2.47 bits per heavy atom. The SMILES string of the molecule is C=C/C=C/C(=O)/C=C/C=C(\C)CCCC(C)C. The number of ketones is 1. The van der Waals surface area contributed by atoms with E-state index in [1.54, 1.807) is 18.2 Å². The molecule has 94 valence electrons. The lowest BCUT2D eigenvalue weighted by molar-refractivity contribution is -0.110. The Labute approximate surface area is 106 Å². The third kappa shape index (κ3) is 10.9. The van der Waals surface area contributed by atoms with Gasteiger partial charge in [0.15, 0.2) is 5.78 Å². The fraction of sp³-hybridized carbons (Fsp3) is 0.438. The predicted molar refractivity (Wildman–Crippen MR) is 75.9 cm³/mol. The van der Waals surface area contributed by atoms with Gasteiger partial charge in [0.05, 0.1) is 0 Å².